The number of carbonyl (C=O) groups excluding carboxylic acids is 2. The standard InChI is InChI=1S/C20H26N6O2/c1-14(2)23-20(28)25-17-7-4-3-6-16(17)18(27)24-15-8-12-26(13-9-15)19-21-10-5-11-22-19/h3-7,10-11,14-15H,8-9,12-13H2,1-2H3,(H,24,27)(H2,23,25,28). The van der Waals surface area contributed by atoms with Crippen molar-refractivity contribution >= 4 is 23.6 Å². The van der Waals surface area contributed by atoms with Gasteiger partial charge in [0.2, 0.25) is 5.95 Å². The Morgan fingerprint density at radius 1 is 1.07 bits per heavy atom. The van der Waals surface area contributed by atoms with Crippen LogP contribution >= 0.6 is 0 Å². The Bertz CT molecular complexity index is 803. The Morgan fingerprint density at radius 2 is 1.75 bits per heavy atom. The van der Waals surface area contributed by atoms with Gasteiger partial charge in [-0.3, -0.25) is 4.79 Å². The zero-order valence-corrected chi connectivity index (χ0v) is 16.2. The van der Waals surface area contributed by atoms with Crippen LogP contribution in [0, 0.1) is 0 Å². The van der Waals surface area contributed by atoms with Crippen LogP contribution in [0.3, 0.4) is 0 Å². The molecule has 1 aliphatic heterocycles. The Balaban J connectivity index is 1.58. The fraction of sp³-hybridized carbons (Fsp3) is 0.400. The van der Waals surface area contributed by atoms with Gasteiger partial charge in [-0.25, -0.2) is 14.8 Å². The minimum absolute atomic E-state index is 0.0137. The monoisotopic (exact) mass is 382 g/mol. The van der Waals surface area contributed by atoms with E-state index in [9.17, 15) is 9.59 Å². The summed E-state index contributed by atoms with van der Waals surface area (Å²) in [5, 5.41) is 8.60. The second-order valence-electron chi connectivity index (χ2n) is 7.08. The lowest BCUT2D eigenvalue weighted by atomic mass is 10.0. The van der Waals surface area contributed by atoms with E-state index in [1.54, 1.807) is 42.7 Å². The number of anilines is 2. The summed E-state index contributed by atoms with van der Waals surface area (Å²) in [4.78, 5) is 35.4. The summed E-state index contributed by atoms with van der Waals surface area (Å²) in [5.41, 5.74) is 0.948. The number of carbonyl (C=O) groups is 2. The van der Waals surface area contributed by atoms with E-state index in [0.717, 1.165) is 31.9 Å². The second-order valence-corrected chi connectivity index (χ2v) is 7.08. The average molecular weight is 382 g/mol. The maximum Gasteiger partial charge on any atom is 0.319 e. The SMILES string of the molecule is CC(C)NC(=O)Nc1ccccc1C(=O)NC1CCN(c2ncccn2)CC1. The Labute approximate surface area is 164 Å². The highest BCUT2D eigenvalue weighted by Gasteiger charge is 2.23. The molecule has 1 aromatic carbocycles. The first-order valence-corrected chi connectivity index (χ1v) is 9.52. The van der Waals surface area contributed by atoms with E-state index in [1.165, 1.54) is 0 Å². The van der Waals surface area contributed by atoms with Crippen LogP contribution in [-0.2, 0) is 0 Å². The molecule has 1 fully saturated rings. The molecule has 8 nitrogen and oxygen atoms in total. The van der Waals surface area contributed by atoms with Gasteiger partial charge in [0.1, 0.15) is 0 Å². The number of urea groups is 1. The third kappa shape index (κ3) is 5.18. The number of benzene rings is 1. The fourth-order valence-electron chi connectivity index (χ4n) is 3.15. The number of amides is 3. The van der Waals surface area contributed by atoms with Crippen LogP contribution < -0.4 is 20.9 Å². The summed E-state index contributed by atoms with van der Waals surface area (Å²) in [6.07, 6.45) is 5.09. The third-order valence-electron chi connectivity index (χ3n) is 4.50. The molecule has 3 amide bonds. The lowest BCUT2D eigenvalue weighted by Crippen LogP contribution is -2.45. The van der Waals surface area contributed by atoms with Crippen LogP contribution in [0.1, 0.15) is 37.0 Å². The molecule has 2 aromatic rings. The van der Waals surface area contributed by atoms with Gasteiger partial charge in [-0.2, -0.15) is 0 Å². The third-order valence-corrected chi connectivity index (χ3v) is 4.50. The number of nitrogens with zero attached hydrogens (tertiary/aromatic N) is 3. The maximum absolute atomic E-state index is 12.8. The number of hydrogen-bond donors (Lipinski definition) is 3. The summed E-state index contributed by atoms with van der Waals surface area (Å²) >= 11 is 0. The number of piperidine rings is 1. The van der Waals surface area contributed by atoms with E-state index in [2.05, 4.69) is 30.8 Å². The molecule has 8 heteroatoms. The number of nitrogens with one attached hydrogen (secondary N) is 3. The van der Waals surface area contributed by atoms with Crippen LogP contribution in [0.4, 0.5) is 16.4 Å². The molecular formula is C20H26N6O2. The molecule has 28 heavy (non-hydrogen) atoms. The topological polar surface area (TPSA) is 99.2 Å². The summed E-state index contributed by atoms with van der Waals surface area (Å²) in [5.74, 6) is 0.535. The molecule has 148 valence electrons. The van der Waals surface area contributed by atoms with E-state index in [4.69, 9.17) is 0 Å². The van der Waals surface area contributed by atoms with Crippen molar-refractivity contribution in [1.29, 1.82) is 0 Å². The van der Waals surface area contributed by atoms with Crippen molar-refractivity contribution < 1.29 is 9.59 Å². The van der Waals surface area contributed by atoms with Gasteiger partial charge in [-0.1, -0.05) is 12.1 Å². The molecule has 0 bridgehead atoms. The molecule has 3 N–H and O–H groups in total. The zero-order chi connectivity index (χ0) is 19.9. The minimum atomic E-state index is -0.327. The summed E-state index contributed by atoms with van der Waals surface area (Å²) in [7, 11) is 0. The second kappa shape index (κ2) is 9.16. The van der Waals surface area contributed by atoms with Crippen LogP contribution in [0.15, 0.2) is 42.7 Å². The fourth-order valence-corrected chi connectivity index (χ4v) is 3.15. The number of aromatic nitrogens is 2. The first kappa shape index (κ1) is 19.6. The Kier molecular flexibility index (Phi) is 6.41. The van der Waals surface area contributed by atoms with E-state index < -0.39 is 0 Å². The number of hydrogen-bond acceptors (Lipinski definition) is 5. The Morgan fingerprint density at radius 3 is 2.43 bits per heavy atom. The molecule has 3 rings (SSSR count). The highest BCUT2D eigenvalue weighted by Crippen LogP contribution is 2.18. The van der Waals surface area contributed by atoms with Crippen LogP contribution in [0.5, 0.6) is 0 Å². The van der Waals surface area contributed by atoms with Gasteiger partial charge in [0.25, 0.3) is 5.91 Å². The van der Waals surface area contributed by atoms with Crippen LogP contribution in [-0.4, -0.2) is 47.1 Å². The normalized spacial score (nSPS) is 14.6. The summed E-state index contributed by atoms with van der Waals surface area (Å²) in [6.45, 7) is 5.33. The number of rotatable bonds is 5. The van der Waals surface area contributed by atoms with Gasteiger partial charge in [-0.05, 0) is 44.9 Å². The van der Waals surface area contributed by atoms with E-state index in [0.29, 0.717) is 11.3 Å². The Hall–Kier alpha value is -3.16. The lowest BCUT2D eigenvalue weighted by molar-refractivity contribution is 0.0932. The van der Waals surface area contributed by atoms with Gasteiger partial charge in [0.15, 0.2) is 0 Å². The zero-order valence-electron chi connectivity index (χ0n) is 16.2. The maximum atomic E-state index is 12.8. The van der Waals surface area contributed by atoms with Crippen molar-refractivity contribution in [3.8, 4) is 0 Å². The molecule has 0 spiro atoms. The number of para-hydroxylation sites is 1. The molecule has 0 radical (unpaired) electrons. The molecule has 0 aliphatic carbocycles. The van der Waals surface area contributed by atoms with E-state index >= 15 is 0 Å². The molecule has 1 aromatic heterocycles. The summed E-state index contributed by atoms with van der Waals surface area (Å²) < 4.78 is 0. The van der Waals surface area contributed by atoms with Gasteiger partial charge in [0, 0.05) is 37.6 Å². The molecule has 0 atom stereocenters. The first-order valence-electron chi connectivity index (χ1n) is 9.52. The van der Waals surface area contributed by atoms with Crippen LogP contribution in [0.2, 0.25) is 0 Å². The van der Waals surface area contributed by atoms with Crippen molar-refractivity contribution in [1.82, 2.24) is 20.6 Å². The molecule has 2 heterocycles. The van der Waals surface area contributed by atoms with Crippen molar-refractivity contribution in [2.45, 2.75) is 38.8 Å². The minimum Gasteiger partial charge on any atom is -0.349 e. The van der Waals surface area contributed by atoms with E-state index in [1.807, 2.05) is 13.8 Å². The summed E-state index contributed by atoms with van der Waals surface area (Å²) in [6, 6.07) is 8.58. The predicted octanol–water partition coefficient (Wildman–Crippen LogP) is 2.41. The molecule has 0 saturated carbocycles. The van der Waals surface area contributed by atoms with Gasteiger partial charge in [0.05, 0.1) is 11.3 Å². The largest absolute Gasteiger partial charge is 0.349 e. The highest BCUT2D eigenvalue weighted by atomic mass is 16.2. The lowest BCUT2D eigenvalue weighted by Gasteiger charge is -2.32. The molecular weight excluding hydrogens is 356 g/mol. The van der Waals surface area contributed by atoms with Crippen LogP contribution in [0.25, 0.3) is 0 Å². The molecule has 1 saturated heterocycles. The van der Waals surface area contributed by atoms with Gasteiger partial charge in [-0.15, -0.1) is 0 Å². The highest BCUT2D eigenvalue weighted by molar-refractivity contribution is 6.03. The predicted molar refractivity (Wildman–Crippen MR) is 108 cm³/mol. The van der Waals surface area contributed by atoms with Crippen molar-refractivity contribution in [2.75, 3.05) is 23.3 Å². The smallest absolute Gasteiger partial charge is 0.319 e. The average Bonchev–Trinajstić information content (AvgIpc) is 2.69. The van der Waals surface area contributed by atoms with Crippen molar-refractivity contribution in [3.05, 3.63) is 48.3 Å². The van der Waals surface area contributed by atoms with Crippen molar-refractivity contribution in [2.24, 2.45) is 0 Å². The molecule has 1 aliphatic rings. The quantitative estimate of drug-likeness (QED) is 0.737. The van der Waals surface area contributed by atoms with E-state index in [-0.39, 0.29) is 24.0 Å². The van der Waals surface area contributed by atoms with Crippen molar-refractivity contribution in [3.63, 3.8) is 0 Å². The van der Waals surface area contributed by atoms with Gasteiger partial charge >= 0.3 is 6.03 Å². The van der Waals surface area contributed by atoms with Gasteiger partial charge < -0.3 is 20.9 Å². The molecule has 0 unspecified atom stereocenters. The first-order chi connectivity index (χ1) is 13.5.